The van der Waals surface area contributed by atoms with E-state index in [0.717, 1.165) is 0 Å². The summed E-state index contributed by atoms with van der Waals surface area (Å²) < 4.78 is 0. The van der Waals surface area contributed by atoms with Crippen LogP contribution in [0, 0.1) is 0 Å². The summed E-state index contributed by atoms with van der Waals surface area (Å²) in [5.41, 5.74) is 2.94. The molecule has 0 heterocycles. The van der Waals surface area contributed by atoms with Crippen LogP contribution in [-0.2, 0) is 12.8 Å². The summed E-state index contributed by atoms with van der Waals surface area (Å²) in [6.07, 6.45) is 12.8. The molecule has 0 heteroatoms. The Morgan fingerprint density at radius 2 is 0.825 bits per heavy atom. The maximum Gasteiger partial charge on any atom is -0.00137 e. The average molecular weight is 521 g/mol. The number of unbranched alkanes of at least 4 members (excludes halogenated alkanes) is 6. The Morgan fingerprint density at radius 3 is 1.27 bits per heavy atom. The topological polar surface area (TPSA) is 0 Å². The van der Waals surface area contributed by atoms with Crippen LogP contribution < -0.4 is 0 Å². The minimum atomic E-state index is 1.17. The van der Waals surface area contributed by atoms with Crippen LogP contribution in [0.15, 0.2) is 84.9 Å². The second-order valence-corrected chi connectivity index (χ2v) is 12.0. The molecular weight excluding hydrogens is 480 g/mol. The van der Waals surface area contributed by atoms with Crippen molar-refractivity contribution >= 4 is 64.6 Å². The summed E-state index contributed by atoms with van der Waals surface area (Å²) in [6, 6.07) is 33.3. The van der Waals surface area contributed by atoms with Gasteiger partial charge in [-0.3, -0.25) is 0 Å². The van der Waals surface area contributed by atoms with Gasteiger partial charge in [0.2, 0.25) is 0 Å². The Morgan fingerprint density at radius 1 is 0.375 bits per heavy atom. The number of rotatable bonds is 10. The van der Waals surface area contributed by atoms with E-state index in [9.17, 15) is 0 Å². The molecule has 7 aromatic rings. The first-order valence-corrected chi connectivity index (χ1v) is 15.7. The highest BCUT2D eigenvalue weighted by atomic mass is 14.2. The van der Waals surface area contributed by atoms with Gasteiger partial charge in [0.05, 0.1) is 0 Å². The van der Waals surface area contributed by atoms with Gasteiger partial charge in [-0.1, -0.05) is 125 Å². The van der Waals surface area contributed by atoms with Gasteiger partial charge in [-0.15, -0.1) is 0 Å². The lowest BCUT2D eigenvalue weighted by Crippen LogP contribution is -1.92. The molecule has 40 heavy (non-hydrogen) atoms. The summed E-state index contributed by atoms with van der Waals surface area (Å²) in [4.78, 5) is 0. The number of fused-ring (bicyclic) bond motifs is 7. The van der Waals surface area contributed by atoms with Crippen molar-refractivity contribution in [2.75, 3.05) is 0 Å². The Hall–Kier alpha value is -3.64. The van der Waals surface area contributed by atoms with Crippen molar-refractivity contribution in [2.24, 2.45) is 0 Å². The van der Waals surface area contributed by atoms with Gasteiger partial charge in [0.1, 0.15) is 0 Å². The molecule has 0 unspecified atom stereocenters. The lowest BCUT2D eigenvalue weighted by Gasteiger charge is -2.18. The van der Waals surface area contributed by atoms with E-state index in [1.54, 1.807) is 0 Å². The van der Waals surface area contributed by atoms with Gasteiger partial charge in [-0.25, -0.2) is 0 Å². The molecule has 0 spiro atoms. The molecule has 0 N–H and O–H groups in total. The van der Waals surface area contributed by atoms with E-state index in [0.29, 0.717) is 0 Å². The van der Waals surface area contributed by atoms with Crippen LogP contribution in [0.5, 0.6) is 0 Å². The summed E-state index contributed by atoms with van der Waals surface area (Å²) >= 11 is 0. The third-order valence-electron chi connectivity index (χ3n) is 9.30. The van der Waals surface area contributed by atoms with Crippen molar-refractivity contribution in [3.05, 3.63) is 96.1 Å². The molecule has 0 aliphatic carbocycles. The predicted octanol–water partition coefficient (Wildman–Crippen LogP) is 12.3. The second kappa shape index (κ2) is 10.7. The first-order chi connectivity index (χ1) is 19.8. The Labute approximate surface area is 238 Å². The van der Waals surface area contributed by atoms with Crippen LogP contribution in [0.1, 0.15) is 76.3 Å². The second-order valence-electron chi connectivity index (χ2n) is 12.0. The smallest absolute Gasteiger partial charge is 0.00137 e. The fourth-order valence-electron chi connectivity index (χ4n) is 7.22. The monoisotopic (exact) mass is 520 g/mol. The predicted molar refractivity (Wildman–Crippen MR) is 178 cm³/mol. The summed E-state index contributed by atoms with van der Waals surface area (Å²) in [6.45, 7) is 4.57. The molecule has 0 saturated carbocycles. The van der Waals surface area contributed by atoms with Crippen molar-refractivity contribution in [2.45, 2.75) is 78.1 Å². The molecule has 0 amide bonds. The van der Waals surface area contributed by atoms with Gasteiger partial charge in [0.25, 0.3) is 0 Å². The number of aryl methyl sites for hydroxylation is 2. The zero-order chi connectivity index (χ0) is 27.1. The molecule has 0 aliphatic heterocycles. The molecule has 0 radical (unpaired) electrons. The number of benzene rings is 7. The van der Waals surface area contributed by atoms with Gasteiger partial charge in [0.15, 0.2) is 0 Å². The molecule has 0 bridgehead atoms. The SMILES string of the molecule is CCCCCCc1ccc2c(c1)cc1c3ccccc3c3cc4cc(CCCCCC)ccc4c4ccc2c1c43. The third-order valence-corrected chi connectivity index (χ3v) is 9.30. The maximum absolute atomic E-state index is 2.48. The van der Waals surface area contributed by atoms with E-state index in [4.69, 9.17) is 0 Å². The van der Waals surface area contributed by atoms with Crippen LogP contribution in [-0.4, -0.2) is 0 Å². The summed E-state index contributed by atoms with van der Waals surface area (Å²) in [7, 11) is 0. The number of hydrogen-bond acceptors (Lipinski definition) is 0. The Balaban J connectivity index is 1.45. The molecule has 7 aromatic carbocycles. The first-order valence-electron chi connectivity index (χ1n) is 15.7. The zero-order valence-electron chi connectivity index (χ0n) is 24.2. The fourth-order valence-corrected chi connectivity index (χ4v) is 7.22. The highest BCUT2D eigenvalue weighted by molar-refractivity contribution is 6.39. The molecule has 7 rings (SSSR count). The van der Waals surface area contributed by atoms with Crippen molar-refractivity contribution in [1.29, 1.82) is 0 Å². The summed E-state index contributed by atoms with van der Waals surface area (Å²) in [5.74, 6) is 0. The van der Waals surface area contributed by atoms with Crippen LogP contribution in [0.4, 0.5) is 0 Å². The van der Waals surface area contributed by atoms with Crippen LogP contribution in [0.2, 0.25) is 0 Å². The highest BCUT2D eigenvalue weighted by Crippen LogP contribution is 2.45. The lowest BCUT2D eigenvalue weighted by atomic mass is 9.85. The Bertz CT molecular complexity index is 1830. The lowest BCUT2D eigenvalue weighted by molar-refractivity contribution is 0.667. The van der Waals surface area contributed by atoms with Crippen molar-refractivity contribution in [1.82, 2.24) is 0 Å². The van der Waals surface area contributed by atoms with Crippen LogP contribution in [0.3, 0.4) is 0 Å². The minimum Gasteiger partial charge on any atom is -0.0654 e. The standard InChI is InChI=1S/C40H40/c1-3-5-7-9-13-27-17-19-31-29(23-27)25-37-33-15-11-12-16-34(33)38-26-30-24-28(14-10-8-6-4-2)18-20-32(30)36-22-21-35(31)39(37)40(36)38/h11-12,15-26H,3-10,13-14H2,1-2H3. The molecule has 0 saturated heterocycles. The molecule has 0 aromatic heterocycles. The van der Waals surface area contributed by atoms with Crippen molar-refractivity contribution < 1.29 is 0 Å². The van der Waals surface area contributed by atoms with Crippen LogP contribution in [0.25, 0.3) is 64.6 Å². The van der Waals surface area contributed by atoms with E-state index in [1.807, 2.05) is 0 Å². The molecule has 0 nitrogen and oxygen atoms in total. The molecule has 0 aliphatic rings. The fraction of sp³-hybridized carbons (Fsp3) is 0.300. The molecule has 0 fully saturated rings. The quantitative estimate of drug-likeness (QED) is 0.0955. The van der Waals surface area contributed by atoms with Crippen LogP contribution >= 0.6 is 0 Å². The maximum atomic E-state index is 2.48. The largest absolute Gasteiger partial charge is 0.0654 e. The van der Waals surface area contributed by atoms with Gasteiger partial charge in [0, 0.05) is 0 Å². The van der Waals surface area contributed by atoms with E-state index < -0.39 is 0 Å². The molecule has 0 atom stereocenters. The van der Waals surface area contributed by atoms with Gasteiger partial charge in [-0.2, -0.15) is 0 Å². The van der Waals surface area contributed by atoms with Gasteiger partial charge < -0.3 is 0 Å². The van der Waals surface area contributed by atoms with E-state index >= 15 is 0 Å². The van der Waals surface area contributed by atoms with E-state index in [-0.39, 0.29) is 0 Å². The van der Waals surface area contributed by atoms with Crippen molar-refractivity contribution in [3.8, 4) is 0 Å². The van der Waals surface area contributed by atoms with Gasteiger partial charge >= 0.3 is 0 Å². The number of hydrogen-bond donors (Lipinski definition) is 0. The van der Waals surface area contributed by atoms with E-state index in [1.165, 1.54) is 140 Å². The van der Waals surface area contributed by atoms with Gasteiger partial charge in [-0.05, 0) is 114 Å². The Kier molecular flexibility index (Phi) is 6.80. The zero-order valence-corrected chi connectivity index (χ0v) is 24.2. The minimum absolute atomic E-state index is 1.17. The average Bonchev–Trinajstić information content (AvgIpc) is 2.99. The summed E-state index contributed by atoms with van der Waals surface area (Å²) in [5, 5.41) is 16.7. The van der Waals surface area contributed by atoms with E-state index in [2.05, 4.69) is 98.8 Å². The third kappa shape index (κ3) is 4.29. The van der Waals surface area contributed by atoms with Crippen molar-refractivity contribution in [3.63, 3.8) is 0 Å². The normalized spacial score (nSPS) is 12.2. The first kappa shape index (κ1) is 25.3. The molecule has 200 valence electrons. The highest BCUT2D eigenvalue weighted by Gasteiger charge is 2.17. The molecular formula is C40H40.